The molecular formula is C6H7ClN2O4S. The van der Waals surface area contributed by atoms with Crippen molar-refractivity contribution in [1.82, 2.24) is 9.78 Å². The van der Waals surface area contributed by atoms with Crippen molar-refractivity contribution in [2.75, 3.05) is 0 Å². The van der Waals surface area contributed by atoms with Gasteiger partial charge >= 0.3 is 5.97 Å². The van der Waals surface area contributed by atoms with Crippen LogP contribution in [0.3, 0.4) is 0 Å². The lowest BCUT2D eigenvalue weighted by molar-refractivity contribution is 0.0680. The molecule has 0 bridgehead atoms. The summed E-state index contributed by atoms with van der Waals surface area (Å²) in [6.07, 6.45) is 0. The summed E-state index contributed by atoms with van der Waals surface area (Å²) in [5.74, 6) is -1.38. The highest BCUT2D eigenvalue weighted by molar-refractivity contribution is 8.13. The van der Waals surface area contributed by atoms with Gasteiger partial charge in [0.1, 0.15) is 4.90 Å². The van der Waals surface area contributed by atoms with Crippen LogP contribution in [-0.4, -0.2) is 29.3 Å². The highest BCUT2D eigenvalue weighted by Gasteiger charge is 2.28. The molecule has 1 heterocycles. The fraction of sp³-hybridized carbons (Fsp3) is 0.333. The van der Waals surface area contributed by atoms with E-state index in [1.807, 2.05) is 0 Å². The molecule has 6 nitrogen and oxygen atoms in total. The van der Waals surface area contributed by atoms with Gasteiger partial charge in [-0.1, -0.05) is 0 Å². The zero-order chi connectivity index (χ0) is 11.1. The summed E-state index contributed by atoms with van der Waals surface area (Å²) in [4.78, 5) is 10.3. The minimum atomic E-state index is -4.08. The third kappa shape index (κ3) is 1.73. The number of rotatable bonds is 2. The standard InChI is InChI=1S/C6H7ClN2O4S/c1-3-5(14(7,12)13)4(6(10)11)9(2)8-3/h1-2H3,(H,10,11). The lowest BCUT2D eigenvalue weighted by Gasteiger charge is -1.97. The molecule has 1 aromatic rings. The predicted molar refractivity (Wildman–Crippen MR) is 47.9 cm³/mol. The fourth-order valence-corrected chi connectivity index (χ4v) is 2.56. The third-order valence-electron chi connectivity index (χ3n) is 1.61. The van der Waals surface area contributed by atoms with Crippen molar-refractivity contribution < 1.29 is 18.3 Å². The molecule has 0 unspecified atom stereocenters. The molecule has 1 rings (SSSR count). The number of hydrogen-bond acceptors (Lipinski definition) is 4. The van der Waals surface area contributed by atoms with E-state index < -0.39 is 25.6 Å². The Bertz CT molecular complexity index is 490. The molecule has 0 spiro atoms. The van der Waals surface area contributed by atoms with E-state index in [1.54, 1.807) is 0 Å². The molecule has 0 aliphatic heterocycles. The summed E-state index contributed by atoms with van der Waals surface area (Å²) in [5, 5.41) is 12.4. The number of hydrogen-bond donors (Lipinski definition) is 1. The van der Waals surface area contributed by atoms with Gasteiger partial charge < -0.3 is 5.11 Å². The molecule has 14 heavy (non-hydrogen) atoms. The zero-order valence-corrected chi connectivity index (χ0v) is 8.93. The molecule has 0 aromatic carbocycles. The van der Waals surface area contributed by atoms with E-state index >= 15 is 0 Å². The van der Waals surface area contributed by atoms with Gasteiger partial charge in [0, 0.05) is 17.7 Å². The SMILES string of the molecule is Cc1nn(C)c(C(=O)O)c1S(=O)(=O)Cl. The first-order valence-electron chi connectivity index (χ1n) is 3.46. The molecule has 0 fully saturated rings. The van der Waals surface area contributed by atoms with Gasteiger partial charge in [0.05, 0.1) is 5.69 Å². The van der Waals surface area contributed by atoms with Gasteiger partial charge in [-0.2, -0.15) is 5.10 Å². The number of aromatic carboxylic acids is 1. The summed E-state index contributed by atoms with van der Waals surface area (Å²) in [5.41, 5.74) is -0.364. The average Bonchev–Trinajstić information content (AvgIpc) is 2.23. The minimum Gasteiger partial charge on any atom is -0.476 e. The third-order valence-corrected chi connectivity index (χ3v) is 3.05. The van der Waals surface area contributed by atoms with Crippen LogP contribution in [0.15, 0.2) is 4.90 Å². The molecule has 0 amide bonds. The van der Waals surface area contributed by atoms with E-state index in [2.05, 4.69) is 5.10 Å². The van der Waals surface area contributed by atoms with E-state index in [4.69, 9.17) is 15.8 Å². The normalized spacial score (nSPS) is 11.6. The molecule has 78 valence electrons. The largest absolute Gasteiger partial charge is 0.476 e. The number of carboxylic acids is 1. The van der Waals surface area contributed by atoms with E-state index in [-0.39, 0.29) is 5.69 Å². The van der Waals surface area contributed by atoms with Crippen LogP contribution in [0.2, 0.25) is 0 Å². The Kier molecular flexibility index (Phi) is 2.55. The number of halogens is 1. The Labute approximate surface area is 84.5 Å². The van der Waals surface area contributed by atoms with Crippen molar-refractivity contribution in [3.8, 4) is 0 Å². The Hall–Kier alpha value is -1.08. The van der Waals surface area contributed by atoms with Crippen LogP contribution < -0.4 is 0 Å². The quantitative estimate of drug-likeness (QED) is 0.751. The Morgan fingerprint density at radius 2 is 2.07 bits per heavy atom. The first-order valence-corrected chi connectivity index (χ1v) is 5.77. The lowest BCUT2D eigenvalue weighted by atomic mass is 10.4. The first kappa shape index (κ1) is 11.0. The van der Waals surface area contributed by atoms with Gasteiger partial charge in [-0.05, 0) is 6.92 Å². The van der Waals surface area contributed by atoms with Gasteiger partial charge in [0.2, 0.25) is 0 Å². The second kappa shape index (κ2) is 3.25. The summed E-state index contributed by atoms with van der Waals surface area (Å²) >= 11 is 0. The number of nitrogens with zero attached hydrogens (tertiary/aromatic N) is 2. The van der Waals surface area contributed by atoms with E-state index in [0.717, 1.165) is 4.68 Å². The maximum absolute atomic E-state index is 11.0. The Balaban J connectivity index is 3.65. The van der Waals surface area contributed by atoms with Gasteiger partial charge in [-0.3, -0.25) is 4.68 Å². The molecule has 0 aliphatic carbocycles. The molecule has 0 saturated heterocycles. The van der Waals surface area contributed by atoms with Crippen molar-refractivity contribution in [3.05, 3.63) is 11.4 Å². The van der Waals surface area contributed by atoms with Crippen molar-refractivity contribution in [3.63, 3.8) is 0 Å². The highest BCUT2D eigenvalue weighted by Crippen LogP contribution is 2.23. The highest BCUT2D eigenvalue weighted by atomic mass is 35.7. The topological polar surface area (TPSA) is 89.3 Å². The molecule has 0 atom stereocenters. The van der Waals surface area contributed by atoms with Crippen molar-refractivity contribution in [2.24, 2.45) is 7.05 Å². The lowest BCUT2D eigenvalue weighted by Crippen LogP contribution is -2.09. The van der Waals surface area contributed by atoms with E-state index in [1.165, 1.54) is 14.0 Å². The summed E-state index contributed by atoms with van der Waals surface area (Å²) in [6.45, 7) is 1.38. The summed E-state index contributed by atoms with van der Waals surface area (Å²) in [7, 11) is 2.34. The van der Waals surface area contributed by atoms with Gasteiger partial charge in [0.15, 0.2) is 5.69 Å². The first-order chi connectivity index (χ1) is 6.25. The maximum Gasteiger partial charge on any atom is 0.355 e. The zero-order valence-electron chi connectivity index (χ0n) is 7.35. The monoisotopic (exact) mass is 238 g/mol. The van der Waals surface area contributed by atoms with Crippen molar-refractivity contribution in [1.29, 1.82) is 0 Å². The molecule has 1 N–H and O–H groups in total. The second-order valence-corrected chi connectivity index (χ2v) is 5.13. The van der Waals surface area contributed by atoms with Gasteiger partial charge in [-0.15, -0.1) is 0 Å². The van der Waals surface area contributed by atoms with Crippen LogP contribution in [0.1, 0.15) is 16.2 Å². The average molecular weight is 239 g/mol. The molecule has 0 saturated carbocycles. The number of aryl methyl sites for hydroxylation is 2. The van der Waals surface area contributed by atoms with Gasteiger partial charge in [-0.25, -0.2) is 13.2 Å². The van der Waals surface area contributed by atoms with Gasteiger partial charge in [0.25, 0.3) is 9.05 Å². The smallest absolute Gasteiger partial charge is 0.355 e. The second-order valence-electron chi connectivity index (χ2n) is 2.63. The number of carboxylic acid groups (broad SMARTS) is 1. The predicted octanol–water partition coefficient (Wildman–Crippen LogP) is 0.354. The van der Waals surface area contributed by atoms with Crippen LogP contribution in [0.25, 0.3) is 0 Å². The van der Waals surface area contributed by atoms with Crippen LogP contribution in [-0.2, 0) is 16.1 Å². The maximum atomic E-state index is 11.0. The van der Waals surface area contributed by atoms with Crippen molar-refractivity contribution >= 4 is 25.7 Å². The molecule has 0 radical (unpaired) electrons. The fourth-order valence-electron chi connectivity index (χ4n) is 1.17. The molecular weight excluding hydrogens is 232 g/mol. The Morgan fingerprint density at radius 1 is 1.57 bits per heavy atom. The molecule has 0 aliphatic rings. The number of aromatic nitrogens is 2. The van der Waals surface area contributed by atoms with Crippen LogP contribution >= 0.6 is 10.7 Å². The van der Waals surface area contributed by atoms with E-state index in [9.17, 15) is 13.2 Å². The summed E-state index contributed by atoms with van der Waals surface area (Å²) < 4.78 is 23.0. The summed E-state index contributed by atoms with van der Waals surface area (Å²) in [6, 6.07) is 0. The molecule has 8 heteroatoms. The van der Waals surface area contributed by atoms with Crippen LogP contribution in [0, 0.1) is 6.92 Å². The van der Waals surface area contributed by atoms with Crippen LogP contribution in [0.4, 0.5) is 0 Å². The van der Waals surface area contributed by atoms with Crippen molar-refractivity contribution in [2.45, 2.75) is 11.8 Å². The number of carbonyl (C=O) groups is 1. The minimum absolute atomic E-state index is 0.0694. The van der Waals surface area contributed by atoms with E-state index in [0.29, 0.717) is 0 Å². The van der Waals surface area contributed by atoms with Crippen LogP contribution in [0.5, 0.6) is 0 Å². The Morgan fingerprint density at radius 3 is 2.36 bits per heavy atom. The molecule has 1 aromatic heterocycles.